The van der Waals surface area contributed by atoms with E-state index in [4.69, 9.17) is 27.9 Å². The maximum Gasteiger partial charge on any atom is 0.227 e. The average molecular weight is 511 g/mol. The van der Waals surface area contributed by atoms with Gasteiger partial charge in [0, 0.05) is 32.3 Å². The molecule has 5 nitrogen and oxygen atoms in total. The SMILES string of the molecule is CSc1nc2n(n1)[C@H](c1ccccc1F)C1=C(N2)c2cc(Cl)ccc2O[C@@H]1c1ccccc1Cl. The molecule has 0 amide bonds. The van der Waals surface area contributed by atoms with Crippen LogP contribution in [0, 0.1) is 5.82 Å². The normalized spacial score (nSPS) is 18.5. The molecule has 0 bridgehead atoms. The number of nitrogens with one attached hydrogen (secondary N) is 1. The molecular weight excluding hydrogens is 494 g/mol. The highest BCUT2D eigenvalue weighted by Gasteiger charge is 2.42. The van der Waals surface area contributed by atoms with Crippen LogP contribution in [-0.2, 0) is 0 Å². The van der Waals surface area contributed by atoms with Crippen LogP contribution in [0.1, 0.15) is 28.8 Å². The van der Waals surface area contributed by atoms with Crippen molar-refractivity contribution in [2.24, 2.45) is 0 Å². The van der Waals surface area contributed by atoms with E-state index in [0.717, 1.165) is 22.4 Å². The van der Waals surface area contributed by atoms with Gasteiger partial charge in [-0.1, -0.05) is 71.4 Å². The maximum absolute atomic E-state index is 15.3. The Hall–Kier alpha value is -3.00. The lowest BCUT2D eigenvalue weighted by molar-refractivity contribution is 0.222. The summed E-state index contributed by atoms with van der Waals surface area (Å²) in [7, 11) is 0. The number of thioether (sulfide) groups is 1. The van der Waals surface area contributed by atoms with Gasteiger partial charge in [0.05, 0.1) is 5.70 Å². The number of hydrogen-bond donors (Lipinski definition) is 1. The van der Waals surface area contributed by atoms with Crippen molar-refractivity contribution in [1.29, 1.82) is 0 Å². The first kappa shape index (κ1) is 21.5. The molecule has 0 saturated heterocycles. The quantitative estimate of drug-likeness (QED) is 0.300. The summed E-state index contributed by atoms with van der Waals surface area (Å²) in [4.78, 5) is 4.62. The zero-order valence-corrected chi connectivity index (χ0v) is 20.1. The first-order valence-electron chi connectivity index (χ1n) is 10.5. The van der Waals surface area contributed by atoms with Crippen LogP contribution < -0.4 is 10.1 Å². The predicted molar refractivity (Wildman–Crippen MR) is 133 cm³/mol. The lowest BCUT2D eigenvalue weighted by Gasteiger charge is -2.39. The highest BCUT2D eigenvalue weighted by molar-refractivity contribution is 7.98. The lowest BCUT2D eigenvalue weighted by Crippen LogP contribution is -2.33. The molecule has 34 heavy (non-hydrogen) atoms. The third-order valence-electron chi connectivity index (χ3n) is 5.98. The van der Waals surface area contributed by atoms with Gasteiger partial charge in [0.15, 0.2) is 6.10 Å². The van der Waals surface area contributed by atoms with Crippen molar-refractivity contribution in [3.05, 3.63) is 105 Å². The van der Waals surface area contributed by atoms with Crippen LogP contribution >= 0.6 is 35.0 Å². The summed E-state index contributed by atoms with van der Waals surface area (Å²) in [6.07, 6.45) is 1.31. The zero-order chi connectivity index (χ0) is 23.4. The number of nitrogens with zero attached hydrogens (tertiary/aromatic N) is 3. The largest absolute Gasteiger partial charge is 0.480 e. The van der Waals surface area contributed by atoms with E-state index in [9.17, 15) is 0 Å². The molecule has 9 heteroatoms. The highest BCUT2D eigenvalue weighted by Crippen LogP contribution is 2.52. The van der Waals surface area contributed by atoms with Crippen molar-refractivity contribution in [2.45, 2.75) is 17.3 Å². The van der Waals surface area contributed by atoms with Gasteiger partial charge in [0.1, 0.15) is 17.6 Å². The minimum Gasteiger partial charge on any atom is -0.480 e. The summed E-state index contributed by atoms with van der Waals surface area (Å²) in [6.45, 7) is 0. The molecular formula is C25H17Cl2FN4OS. The molecule has 2 aliphatic heterocycles. The average Bonchev–Trinajstić information content (AvgIpc) is 3.26. The summed E-state index contributed by atoms with van der Waals surface area (Å²) < 4.78 is 23.5. The molecule has 3 aromatic carbocycles. The first-order valence-corrected chi connectivity index (χ1v) is 12.5. The summed E-state index contributed by atoms with van der Waals surface area (Å²) >= 11 is 14.4. The second kappa shape index (κ2) is 8.34. The molecule has 6 rings (SSSR count). The van der Waals surface area contributed by atoms with Gasteiger partial charge in [-0.15, -0.1) is 5.10 Å². The standard InChI is InChI=1S/C25H17Cl2FN4OS/c1-34-25-30-24-29-21-16-12-13(26)10-11-19(16)33-23(14-6-2-4-8-17(14)27)20(21)22(32(24)31-25)15-7-3-5-9-18(15)28/h2-12,22-23H,1H3,(H,29,30,31)/t22-,23-/m1/s1. The van der Waals surface area contributed by atoms with Crippen LogP contribution in [0.2, 0.25) is 10.0 Å². The Morgan fingerprint density at radius 2 is 1.79 bits per heavy atom. The van der Waals surface area contributed by atoms with E-state index in [2.05, 4.69) is 15.4 Å². The Balaban J connectivity index is 1.68. The highest BCUT2D eigenvalue weighted by atomic mass is 35.5. The second-order valence-corrected chi connectivity index (χ2v) is 9.52. The topological polar surface area (TPSA) is 52.0 Å². The molecule has 0 aliphatic carbocycles. The Morgan fingerprint density at radius 3 is 2.56 bits per heavy atom. The van der Waals surface area contributed by atoms with E-state index < -0.39 is 12.1 Å². The van der Waals surface area contributed by atoms with Crippen molar-refractivity contribution >= 4 is 46.6 Å². The van der Waals surface area contributed by atoms with Crippen molar-refractivity contribution < 1.29 is 9.13 Å². The first-order chi connectivity index (χ1) is 16.5. The molecule has 3 heterocycles. The third-order valence-corrected chi connectivity index (χ3v) is 7.10. The van der Waals surface area contributed by atoms with E-state index in [0.29, 0.717) is 32.5 Å². The maximum atomic E-state index is 15.3. The number of hydrogen-bond acceptors (Lipinski definition) is 5. The fourth-order valence-corrected chi connectivity index (χ4v) is 5.27. The summed E-state index contributed by atoms with van der Waals surface area (Å²) in [5.41, 5.74) is 3.54. The van der Waals surface area contributed by atoms with E-state index in [1.165, 1.54) is 17.8 Å². The summed E-state index contributed by atoms with van der Waals surface area (Å²) in [5.74, 6) is 0.816. The molecule has 0 saturated carbocycles. The van der Waals surface area contributed by atoms with Crippen LogP contribution in [-0.4, -0.2) is 21.0 Å². The fraction of sp³-hybridized carbons (Fsp3) is 0.120. The molecule has 0 spiro atoms. The van der Waals surface area contributed by atoms with Crippen molar-refractivity contribution in [1.82, 2.24) is 14.8 Å². The van der Waals surface area contributed by atoms with E-state index in [1.54, 1.807) is 22.9 Å². The van der Waals surface area contributed by atoms with Crippen molar-refractivity contribution in [2.75, 3.05) is 11.6 Å². The van der Waals surface area contributed by atoms with Gasteiger partial charge in [-0.2, -0.15) is 4.98 Å². The molecule has 0 fully saturated rings. The minimum absolute atomic E-state index is 0.344. The molecule has 4 aromatic rings. The number of halogens is 3. The van der Waals surface area contributed by atoms with Crippen molar-refractivity contribution in [3.8, 4) is 5.75 Å². The Kier molecular flexibility index (Phi) is 5.28. The minimum atomic E-state index is -0.616. The Labute approximate surface area is 209 Å². The monoisotopic (exact) mass is 510 g/mol. The number of fused-ring (bicyclic) bond motifs is 3. The van der Waals surface area contributed by atoms with Gasteiger partial charge in [0.2, 0.25) is 11.1 Å². The second-order valence-electron chi connectivity index (χ2n) is 7.91. The number of anilines is 1. The molecule has 2 atom stereocenters. The van der Waals surface area contributed by atoms with Gasteiger partial charge < -0.3 is 10.1 Å². The van der Waals surface area contributed by atoms with E-state index >= 15 is 4.39 Å². The summed E-state index contributed by atoms with van der Waals surface area (Å²) in [5, 5.41) is 9.79. The van der Waals surface area contributed by atoms with Gasteiger partial charge in [-0.25, -0.2) is 9.07 Å². The Bertz CT molecular complexity index is 1470. The van der Waals surface area contributed by atoms with Crippen LogP contribution in [0.5, 0.6) is 5.75 Å². The van der Waals surface area contributed by atoms with Crippen LogP contribution in [0.3, 0.4) is 0 Å². The van der Waals surface area contributed by atoms with E-state index in [1.807, 2.05) is 48.7 Å². The summed E-state index contributed by atoms with van der Waals surface area (Å²) in [6, 6.07) is 19.0. The lowest BCUT2D eigenvalue weighted by atomic mass is 9.84. The molecule has 0 unspecified atom stereocenters. The molecule has 1 N–H and O–H groups in total. The predicted octanol–water partition coefficient (Wildman–Crippen LogP) is 7.01. The van der Waals surface area contributed by atoms with Crippen LogP contribution in [0.25, 0.3) is 5.70 Å². The molecule has 170 valence electrons. The van der Waals surface area contributed by atoms with Gasteiger partial charge >= 0.3 is 0 Å². The fourth-order valence-electron chi connectivity index (χ4n) is 4.51. The smallest absolute Gasteiger partial charge is 0.227 e. The van der Waals surface area contributed by atoms with Gasteiger partial charge in [0.25, 0.3) is 0 Å². The van der Waals surface area contributed by atoms with Crippen LogP contribution in [0.4, 0.5) is 10.3 Å². The van der Waals surface area contributed by atoms with E-state index in [-0.39, 0.29) is 5.82 Å². The Morgan fingerprint density at radius 1 is 1.03 bits per heavy atom. The number of ether oxygens (including phenoxy) is 1. The number of benzene rings is 3. The van der Waals surface area contributed by atoms with Gasteiger partial charge in [-0.05, 0) is 36.6 Å². The van der Waals surface area contributed by atoms with Gasteiger partial charge in [-0.3, -0.25) is 0 Å². The number of aromatic nitrogens is 3. The third kappa shape index (κ3) is 3.38. The molecule has 1 aromatic heterocycles. The number of rotatable bonds is 3. The molecule has 0 radical (unpaired) electrons. The molecule has 2 aliphatic rings. The van der Waals surface area contributed by atoms with Crippen molar-refractivity contribution in [3.63, 3.8) is 0 Å². The van der Waals surface area contributed by atoms with Crippen LogP contribution in [0.15, 0.2) is 77.5 Å². The zero-order valence-electron chi connectivity index (χ0n) is 17.8.